The summed E-state index contributed by atoms with van der Waals surface area (Å²) in [5, 5.41) is 18.5. The zero-order chi connectivity index (χ0) is 98.5. The molecule has 0 atom stereocenters. The van der Waals surface area contributed by atoms with Gasteiger partial charge in [0.25, 0.3) is 0 Å². The molecule has 0 aliphatic carbocycles. The number of anilines is 4. The topological polar surface area (TPSA) is 331 Å². The first-order valence-corrected chi connectivity index (χ1v) is 46.1. The zero-order valence-corrected chi connectivity index (χ0v) is 79.0. The van der Waals surface area contributed by atoms with Gasteiger partial charge in [0.15, 0.2) is 46.6 Å². The van der Waals surface area contributed by atoms with Crippen molar-refractivity contribution < 1.29 is 55.7 Å². The van der Waals surface area contributed by atoms with Gasteiger partial charge in [-0.05, 0) is 207 Å². The molecule has 0 spiro atoms. The number of methoxy groups -OCH3 is 4. The summed E-state index contributed by atoms with van der Waals surface area (Å²) >= 11 is 0. The summed E-state index contributed by atoms with van der Waals surface area (Å²) in [4.78, 5) is 114. The van der Waals surface area contributed by atoms with E-state index in [1.165, 1.54) is 48.5 Å². The van der Waals surface area contributed by atoms with Crippen molar-refractivity contribution in [2.75, 3.05) is 153 Å². The molecule has 0 unspecified atom stereocenters. The number of nitrogens with zero attached hydrogens (tertiary/aromatic N) is 26. The van der Waals surface area contributed by atoms with Crippen LogP contribution < -0.4 is 38.5 Å². The van der Waals surface area contributed by atoms with Crippen LogP contribution in [0.2, 0.25) is 0 Å². The van der Waals surface area contributed by atoms with Crippen molar-refractivity contribution in [2.45, 2.75) is 40.0 Å². The molecular weight excluding hydrogens is 1820 g/mol. The third-order valence-corrected chi connectivity index (χ3v) is 24.2. The molecule has 142 heavy (non-hydrogen) atoms. The average molecular weight is 1920 g/mol. The first-order valence-electron chi connectivity index (χ1n) is 46.1. The standard InChI is InChI=1S/2C27H27FN6O2.2C25H24FN7O2/c1-19-10-11-29-24(16-19)32-12-14-33(15-13-32)25(35)18-34-27(20-6-8-22(28)9-7-20)30-26(31-34)21-4-3-5-23(17-21)36-2;1-19-10-11-29-24(16-19)32-12-14-33(15-13-32)25(35)18-34-27(21-4-3-5-23(17-21)36-2)30-26(31-34)20-6-8-22(28)9-7-20;1-35-21-5-2-4-19(16-21)23-29-24(18-6-8-20(26)9-7-18)33(30-23)17-22(34)31-12-14-32(15-13-31)25-27-10-3-11-28-25;1-35-21-5-2-4-19(16-21)24-29-23(18-6-8-20(26)9-7-18)30-33(24)17-22(34)31-12-14-32(15-13-31)25-27-10-3-11-28-25/h2*3-11,16-17H,12-15,18H2,1-2H3;2*2-11,16H,12-15,17H2,1H3. The van der Waals surface area contributed by atoms with E-state index in [0.29, 0.717) is 208 Å². The lowest BCUT2D eigenvalue weighted by Crippen LogP contribution is -2.50. The number of hydrogen-bond acceptors (Lipinski definition) is 26. The molecule has 0 N–H and O–H groups in total. The molecule has 0 saturated carbocycles. The van der Waals surface area contributed by atoms with Crippen LogP contribution in [0.5, 0.6) is 23.0 Å². The van der Waals surface area contributed by atoms with Crippen LogP contribution in [0.1, 0.15) is 11.1 Å². The van der Waals surface area contributed by atoms with Gasteiger partial charge in [-0.3, -0.25) is 19.2 Å². The largest absolute Gasteiger partial charge is 0.497 e. The van der Waals surface area contributed by atoms with Crippen LogP contribution in [-0.2, 0) is 45.4 Å². The monoisotopic (exact) mass is 1920 g/mol. The van der Waals surface area contributed by atoms with Gasteiger partial charge < -0.3 is 58.1 Å². The Labute approximate surface area is 816 Å². The normalized spacial score (nSPS) is 13.6. The summed E-state index contributed by atoms with van der Waals surface area (Å²) in [6.07, 6.45) is 10.5. The first-order chi connectivity index (χ1) is 69.2. The number of carbonyl (C=O) groups excluding carboxylic acids is 4. The van der Waals surface area contributed by atoms with Crippen molar-refractivity contribution >= 4 is 47.2 Å². The van der Waals surface area contributed by atoms with Crippen LogP contribution in [0.15, 0.2) is 268 Å². The van der Waals surface area contributed by atoms with Gasteiger partial charge >= 0.3 is 0 Å². The maximum Gasteiger partial charge on any atom is 0.244 e. The molecule has 38 heteroatoms. The Morgan fingerprint density at radius 2 is 0.507 bits per heavy atom. The van der Waals surface area contributed by atoms with Gasteiger partial charge in [0.05, 0.1) is 28.4 Å². The summed E-state index contributed by atoms with van der Waals surface area (Å²) in [6, 6.07) is 65.4. The molecular formula is C104H102F4N26O8. The second kappa shape index (κ2) is 45.4. The van der Waals surface area contributed by atoms with Crippen LogP contribution in [0.3, 0.4) is 0 Å². The second-order valence-electron chi connectivity index (χ2n) is 33.6. The Hall–Kier alpha value is -17.2. The third kappa shape index (κ3) is 24.1. The maximum absolute atomic E-state index is 13.6. The van der Waals surface area contributed by atoms with E-state index in [0.717, 1.165) is 45.0 Å². The number of aryl methyl sites for hydroxylation is 2. The predicted molar refractivity (Wildman–Crippen MR) is 527 cm³/mol. The number of halogens is 4. The molecule has 34 nitrogen and oxygen atoms in total. The number of carbonyl (C=O) groups is 4. The fourth-order valence-corrected chi connectivity index (χ4v) is 16.5. The van der Waals surface area contributed by atoms with Gasteiger partial charge in [0.2, 0.25) is 35.5 Å². The number of benzene rings is 8. The Morgan fingerprint density at radius 1 is 0.261 bits per heavy atom. The fourth-order valence-electron chi connectivity index (χ4n) is 16.5. The lowest BCUT2D eigenvalue weighted by atomic mass is 10.2. The van der Waals surface area contributed by atoms with Crippen LogP contribution in [-0.4, -0.2) is 265 Å². The highest BCUT2D eigenvalue weighted by atomic mass is 19.1. The fraction of sp³-hybridized carbons (Fsp3) is 0.250. The van der Waals surface area contributed by atoms with E-state index in [-0.39, 0.29) is 73.1 Å². The number of amides is 4. The molecule has 724 valence electrons. The molecule has 16 aromatic rings. The van der Waals surface area contributed by atoms with E-state index in [1.54, 1.807) is 138 Å². The quantitative estimate of drug-likeness (QED) is 0.0507. The van der Waals surface area contributed by atoms with Gasteiger partial charge in [-0.1, -0.05) is 48.5 Å². The minimum absolute atomic E-state index is 0.0194. The van der Waals surface area contributed by atoms with E-state index in [4.69, 9.17) is 28.9 Å². The van der Waals surface area contributed by atoms with Gasteiger partial charge in [0.1, 0.15) is 84.1 Å². The lowest BCUT2D eigenvalue weighted by Gasteiger charge is -2.35. The van der Waals surface area contributed by atoms with Crippen molar-refractivity contribution in [3.63, 3.8) is 0 Å². The molecule has 4 aliphatic heterocycles. The smallest absolute Gasteiger partial charge is 0.244 e. The van der Waals surface area contributed by atoms with Gasteiger partial charge in [-0.2, -0.15) is 0 Å². The van der Waals surface area contributed by atoms with Gasteiger partial charge in [-0.15, -0.1) is 20.4 Å². The Bertz CT molecular complexity index is 6990. The highest BCUT2D eigenvalue weighted by molar-refractivity contribution is 5.81. The molecule has 12 heterocycles. The van der Waals surface area contributed by atoms with Crippen LogP contribution >= 0.6 is 0 Å². The number of piperazine rings is 4. The molecule has 0 radical (unpaired) electrons. The Kier molecular flexibility index (Phi) is 30.8. The summed E-state index contributed by atoms with van der Waals surface area (Å²) in [6.45, 7) is 14.3. The molecule has 8 aromatic heterocycles. The Morgan fingerprint density at radius 3 is 0.782 bits per heavy atom. The van der Waals surface area contributed by atoms with E-state index in [9.17, 15) is 36.7 Å². The van der Waals surface area contributed by atoms with Crippen molar-refractivity contribution in [3.8, 4) is 114 Å². The van der Waals surface area contributed by atoms with Gasteiger partial charge in [-0.25, -0.2) is 86.1 Å². The number of rotatable bonds is 24. The third-order valence-electron chi connectivity index (χ3n) is 24.2. The Balaban J connectivity index is 0.000000130. The summed E-state index contributed by atoms with van der Waals surface area (Å²) in [7, 11) is 6.39. The first kappa shape index (κ1) is 96.5. The van der Waals surface area contributed by atoms with Crippen LogP contribution in [0.25, 0.3) is 91.1 Å². The SMILES string of the molecule is COc1cccc(-c2nc(-c3ccc(F)cc3)n(CC(=O)N3CCN(c4cc(C)ccn4)CC3)n2)c1.COc1cccc(-c2nc(-c3ccc(F)cc3)n(CC(=O)N3CCN(c4ncccn4)CC3)n2)c1.COc1cccc(-c2nc(-c3ccc(F)cc3)nn2CC(=O)N2CCN(c3cc(C)ccn3)CC2)c1.COc1cccc(-c2nc(-c3ccc(F)cc3)nn2CC(=O)N2CCN(c3ncccn3)CC2)c1. The molecule has 4 aliphatic rings. The number of aromatic nitrogens is 18. The number of hydrogen-bond donors (Lipinski definition) is 0. The van der Waals surface area contributed by atoms with E-state index in [2.05, 4.69) is 92.0 Å². The van der Waals surface area contributed by atoms with Crippen molar-refractivity contribution in [1.82, 2.24) is 109 Å². The highest BCUT2D eigenvalue weighted by Crippen LogP contribution is 2.33. The maximum atomic E-state index is 13.6. The van der Waals surface area contributed by atoms with Crippen molar-refractivity contribution in [3.05, 3.63) is 302 Å². The summed E-state index contributed by atoms with van der Waals surface area (Å²) < 4.78 is 81.7. The van der Waals surface area contributed by atoms with E-state index < -0.39 is 0 Å². The van der Waals surface area contributed by atoms with E-state index >= 15 is 0 Å². The second-order valence-corrected chi connectivity index (χ2v) is 33.6. The molecule has 8 aromatic carbocycles. The lowest BCUT2D eigenvalue weighted by molar-refractivity contribution is -0.133. The minimum Gasteiger partial charge on any atom is -0.497 e. The molecule has 4 fully saturated rings. The highest BCUT2D eigenvalue weighted by Gasteiger charge is 2.31. The molecule has 4 saturated heterocycles. The molecule has 20 rings (SSSR count). The summed E-state index contributed by atoms with van der Waals surface area (Å²) in [5.74, 6) is 8.21. The van der Waals surface area contributed by atoms with E-state index in [1.807, 2.05) is 150 Å². The molecule has 4 amide bonds. The van der Waals surface area contributed by atoms with Crippen molar-refractivity contribution in [1.29, 1.82) is 0 Å². The predicted octanol–water partition coefficient (Wildman–Crippen LogP) is 13.4. The summed E-state index contributed by atoms with van der Waals surface area (Å²) in [5.41, 5.74) is 8.08. The number of ether oxygens (including phenoxy) is 4. The molecule has 0 bridgehead atoms. The van der Waals surface area contributed by atoms with Crippen molar-refractivity contribution in [2.24, 2.45) is 0 Å². The van der Waals surface area contributed by atoms with Crippen LogP contribution in [0.4, 0.5) is 41.1 Å². The zero-order valence-electron chi connectivity index (χ0n) is 79.0. The minimum atomic E-state index is -0.343. The van der Waals surface area contributed by atoms with Gasteiger partial charge in [0, 0.05) is 186 Å². The average Bonchev–Trinajstić information content (AvgIpc) is 1.67. The number of pyridine rings is 2. The van der Waals surface area contributed by atoms with Crippen LogP contribution in [0, 0.1) is 37.1 Å².